The topological polar surface area (TPSA) is 76.7 Å². The molecule has 0 bridgehead atoms. The lowest BCUT2D eigenvalue weighted by Crippen LogP contribution is -2.20. The minimum atomic E-state index is -0.276. The Bertz CT molecular complexity index is 661. The highest BCUT2D eigenvalue weighted by molar-refractivity contribution is 5.97. The van der Waals surface area contributed by atoms with Crippen molar-refractivity contribution in [3.8, 4) is 0 Å². The van der Waals surface area contributed by atoms with Crippen LogP contribution in [0.5, 0.6) is 0 Å². The van der Waals surface area contributed by atoms with E-state index < -0.39 is 0 Å². The highest BCUT2D eigenvalue weighted by atomic mass is 16.6. The third-order valence-electron chi connectivity index (χ3n) is 3.17. The highest BCUT2D eigenvalue weighted by Crippen LogP contribution is 2.19. The van der Waals surface area contributed by atoms with E-state index in [1.165, 1.54) is 0 Å². The Kier molecular flexibility index (Phi) is 5.14. The molecule has 0 unspecified atom stereocenters. The van der Waals surface area contributed by atoms with Crippen LogP contribution in [0.2, 0.25) is 0 Å². The number of nitrogens with one attached hydrogen (secondary N) is 1. The molecule has 5 heteroatoms. The summed E-state index contributed by atoms with van der Waals surface area (Å²) in [6, 6.07) is 15.1. The molecule has 1 amide bonds. The van der Waals surface area contributed by atoms with Gasteiger partial charge in [0, 0.05) is 11.3 Å². The first kappa shape index (κ1) is 15.6. The van der Waals surface area contributed by atoms with Gasteiger partial charge in [-0.3, -0.25) is 4.79 Å². The van der Waals surface area contributed by atoms with E-state index in [0.717, 1.165) is 22.4 Å². The Morgan fingerprint density at radius 1 is 1.09 bits per heavy atom. The van der Waals surface area contributed by atoms with Gasteiger partial charge in [0.2, 0.25) is 0 Å². The maximum atomic E-state index is 11.9. The molecular weight excluding hydrogens is 278 g/mol. The lowest BCUT2D eigenvalue weighted by Gasteiger charge is -2.10. The van der Waals surface area contributed by atoms with Crippen LogP contribution in [-0.2, 0) is 9.63 Å². The number of hydrogen-bond donors (Lipinski definition) is 2. The predicted molar refractivity (Wildman–Crippen MR) is 87.7 cm³/mol. The molecule has 0 aromatic heterocycles. The van der Waals surface area contributed by atoms with Gasteiger partial charge >= 0.3 is 0 Å². The van der Waals surface area contributed by atoms with Gasteiger partial charge in [-0.2, -0.15) is 0 Å². The van der Waals surface area contributed by atoms with Crippen molar-refractivity contribution in [2.75, 3.05) is 11.9 Å². The van der Waals surface area contributed by atoms with E-state index in [1.807, 2.05) is 62.4 Å². The zero-order valence-electron chi connectivity index (χ0n) is 12.7. The van der Waals surface area contributed by atoms with Crippen LogP contribution in [0.25, 0.3) is 0 Å². The van der Waals surface area contributed by atoms with Crippen molar-refractivity contribution in [2.45, 2.75) is 13.8 Å². The summed E-state index contributed by atoms with van der Waals surface area (Å²) in [5.74, 6) is -0.0394. The van der Waals surface area contributed by atoms with Crippen molar-refractivity contribution in [1.29, 1.82) is 0 Å². The number of amidine groups is 1. The summed E-state index contributed by atoms with van der Waals surface area (Å²) in [7, 11) is 0. The van der Waals surface area contributed by atoms with Crippen LogP contribution in [0.3, 0.4) is 0 Å². The molecule has 0 aliphatic carbocycles. The number of para-hydroxylation sites is 1. The molecule has 5 nitrogen and oxygen atoms in total. The number of rotatable bonds is 5. The largest absolute Gasteiger partial charge is 0.384 e. The number of benzene rings is 2. The molecule has 2 rings (SSSR count). The van der Waals surface area contributed by atoms with Crippen molar-refractivity contribution >= 4 is 17.4 Å². The van der Waals surface area contributed by atoms with Gasteiger partial charge in [0.25, 0.3) is 5.91 Å². The van der Waals surface area contributed by atoms with Crippen molar-refractivity contribution in [2.24, 2.45) is 10.9 Å². The molecule has 0 heterocycles. The van der Waals surface area contributed by atoms with E-state index in [2.05, 4.69) is 10.5 Å². The summed E-state index contributed by atoms with van der Waals surface area (Å²) in [6.45, 7) is 3.69. The highest BCUT2D eigenvalue weighted by Gasteiger charge is 2.07. The van der Waals surface area contributed by atoms with Crippen LogP contribution >= 0.6 is 0 Å². The predicted octanol–water partition coefficient (Wildman–Crippen LogP) is 2.58. The Balaban J connectivity index is 1.91. The number of carbonyl (C=O) groups excluding carboxylic acids is 1. The van der Waals surface area contributed by atoms with Crippen LogP contribution in [0.1, 0.15) is 16.7 Å². The molecule has 0 radical (unpaired) electrons. The van der Waals surface area contributed by atoms with E-state index in [1.54, 1.807) is 0 Å². The fourth-order valence-corrected chi connectivity index (χ4v) is 2.01. The van der Waals surface area contributed by atoms with Gasteiger partial charge in [0.1, 0.15) is 0 Å². The summed E-state index contributed by atoms with van der Waals surface area (Å²) in [5, 5.41) is 6.57. The Morgan fingerprint density at radius 3 is 2.36 bits per heavy atom. The number of nitrogens with two attached hydrogens (primary N) is 1. The van der Waals surface area contributed by atoms with E-state index in [9.17, 15) is 4.79 Å². The van der Waals surface area contributed by atoms with Gasteiger partial charge in [-0.05, 0) is 25.0 Å². The molecule has 0 fully saturated rings. The van der Waals surface area contributed by atoms with Crippen molar-refractivity contribution < 1.29 is 9.63 Å². The van der Waals surface area contributed by atoms with Crippen LogP contribution in [0, 0.1) is 13.8 Å². The van der Waals surface area contributed by atoms with E-state index in [-0.39, 0.29) is 18.3 Å². The lowest BCUT2D eigenvalue weighted by atomic mass is 10.1. The number of nitrogens with zero attached hydrogens (tertiary/aromatic N) is 1. The molecule has 0 saturated carbocycles. The van der Waals surface area contributed by atoms with Gasteiger partial charge in [-0.25, -0.2) is 0 Å². The molecular formula is C17H19N3O2. The molecule has 2 aromatic rings. The number of hydrogen-bond acceptors (Lipinski definition) is 3. The summed E-state index contributed by atoms with van der Waals surface area (Å²) in [6.07, 6.45) is 0. The third kappa shape index (κ3) is 4.09. The smallest absolute Gasteiger partial charge is 0.265 e. The quantitative estimate of drug-likeness (QED) is 0.506. The maximum Gasteiger partial charge on any atom is 0.265 e. The fourth-order valence-electron chi connectivity index (χ4n) is 2.01. The van der Waals surface area contributed by atoms with Crippen LogP contribution < -0.4 is 11.1 Å². The SMILES string of the molecule is Cc1cccc(C)c1NC(=O)CO/N=C(/N)c1ccccc1. The van der Waals surface area contributed by atoms with Gasteiger partial charge in [-0.15, -0.1) is 0 Å². The normalized spacial score (nSPS) is 11.1. The van der Waals surface area contributed by atoms with Crippen LogP contribution in [0.15, 0.2) is 53.7 Å². The Morgan fingerprint density at radius 2 is 1.73 bits per heavy atom. The summed E-state index contributed by atoms with van der Waals surface area (Å²) < 4.78 is 0. The Labute approximate surface area is 129 Å². The molecule has 22 heavy (non-hydrogen) atoms. The van der Waals surface area contributed by atoms with Crippen LogP contribution in [-0.4, -0.2) is 18.3 Å². The van der Waals surface area contributed by atoms with Crippen LogP contribution in [0.4, 0.5) is 5.69 Å². The molecule has 2 aromatic carbocycles. The second-order valence-electron chi connectivity index (χ2n) is 4.93. The number of anilines is 1. The van der Waals surface area contributed by atoms with E-state index >= 15 is 0 Å². The van der Waals surface area contributed by atoms with Gasteiger partial charge in [-0.1, -0.05) is 53.7 Å². The third-order valence-corrected chi connectivity index (χ3v) is 3.17. The number of oxime groups is 1. The van der Waals surface area contributed by atoms with E-state index in [4.69, 9.17) is 10.6 Å². The standard InChI is InChI=1S/C17H19N3O2/c1-12-7-6-8-13(2)16(12)19-15(21)11-22-20-17(18)14-9-4-3-5-10-14/h3-10H,11H2,1-2H3,(H2,18,20)(H,19,21). The number of carbonyl (C=O) groups is 1. The molecule has 114 valence electrons. The van der Waals surface area contributed by atoms with Gasteiger partial charge in [0.05, 0.1) is 0 Å². The first-order valence-electron chi connectivity index (χ1n) is 6.95. The lowest BCUT2D eigenvalue weighted by molar-refractivity contribution is -0.120. The summed E-state index contributed by atoms with van der Waals surface area (Å²) >= 11 is 0. The van der Waals surface area contributed by atoms with Crippen molar-refractivity contribution in [1.82, 2.24) is 0 Å². The van der Waals surface area contributed by atoms with Crippen molar-refractivity contribution in [3.05, 3.63) is 65.2 Å². The number of aryl methyl sites for hydroxylation is 2. The molecule has 0 aliphatic heterocycles. The maximum absolute atomic E-state index is 11.9. The summed E-state index contributed by atoms with van der Waals surface area (Å²) in [4.78, 5) is 16.9. The number of amides is 1. The first-order chi connectivity index (χ1) is 10.6. The first-order valence-corrected chi connectivity index (χ1v) is 6.95. The van der Waals surface area contributed by atoms with Gasteiger partial charge < -0.3 is 15.9 Å². The second kappa shape index (κ2) is 7.26. The monoisotopic (exact) mass is 297 g/mol. The minimum Gasteiger partial charge on any atom is -0.384 e. The average molecular weight is 297 g/mol. The Hall–Kier alpha value is -2.82. The molecule has 0 spiro atoms. The zero-order valence-corrected chi connectivity index (χ0v) is 12.7. The zero-order chi connectivity index (χ0) is 15.9. The molecule has 0 aliphatic rings. The average Bonchev–Trinajstić information content (AvgIpc) is 2.52. The molecule has 0 saturated heterocycles. The minimum absolute atomic E-state index is 0.193. The van der Waals surface area contributed by atoms with Crippen molar-refractivity contribution in [3.63, 3.8) is 0 Å². The molecule has 3 N–H and O–H groups in total. The molecule has 0 atom stereocenters. The van der Waals surface area contributed by atoms with E-state index in [0.29, 0.717) is 0 Å². The fraction of sp³-hybridized carbons (Fsp3) is 0.176. The van der Waals surface area contributed by atoms with Gasteiger partial charge in [0.15, 0.2) is 12.4 Å². The summed E-state index contributed by atoms with van der Waals surface area (Å²) in [5.41, 5.74) is 9.33. The second-order valence-corrected chi connectivity index (χ2v) is 4.93.